The summed E-state index contributed by atoms with van der Waals surface area (Å²) >= 11 is 7.00. The summed E-state index contributed by atoms with van der Waals surface area (Å²) in [5, 5.41) is 11.4. The van der Waals surface area contributed by atoms with Crippen LogP contribution in [0.1, 0.15) is 5.56 Å². The zero-order valence-corrected chi connectivity index (χ0v) is 14.2. The molecular weight excluding hydrogens is 350 g/mol. The highest BCUT2D eigenvalue weighted by Crippen LogP contribution is 2.25. The minimum absolute atomic E-state index is 0.0554. The molecule has 7 heteroatoms. The minimum atomic E-state index is -1.02. The van der Waals surface area contributed by atoms with Crippen LogP contribution >= 0.6 is 23.4 Å². The van der Waals surface area contributed by atoms with Crippen molar-refractivity contribution in [2.24, 2.45) is 0 Å². The number of carbonyl (C=O) groups is 2. The Balaban J connectivity index is 1.82. The van der Waals surface area contributed by atoms with Gasteiger partial charge in [-0.1, -0.05) is 48.0 Å². The van der Waals surface area contributed by atoms with Gasteiger partial charge in [0.2, 0.25) is 0 Å². The van der Waals surface area contributed by atoms with Crippen molar-refractivity contribution in [3.8, 4) is 0 Å². The van der Waals surface area contributed by atoms with Crippen molar-refractivity contribution in [3.05, 3.63) is 65.2 Å². The molecule has 5 nitrogen and oxygen atoms in total. The molecule has 0 aliphatic carbocycles. The van der Waals surface area contributed by atoms with Gasteiger partial charge in [0, 0.05) is 16.5 Å². The first-order valence-corrected chi connectivity index (χ1v) is 8.40. The van der Waals surface area contributed by atoms with Crippen LogP contribution in [0, 0.1) is 0 Å². The molecule has 0 fully saturated rings. The quantitative estimate of drug-likeness (QED) is 0.730. The third kappa shape index (κ3) is 6.14. The van der Waals surface area contributed by atoms with Crippen LogP contribution in [-0.2, 0) is 16.1 Å². The fourth-order valence-electron chi connectivity index (χ4n) is 1.83. The zero-order valence-electron chi connectivity index (χ0n) is 12.6. The van der Waals surface area contributed by atoms with Crippen molar-refractivity contribution in [1.29, 1.82) is 0 Å². The lowest BCUT2D eigenvalue weighted by molar-refractivity contribution is -0.136. The summed E-state index contributed by atoms with van der Waals surface area (Å²) in [6.07, 6.45) is -0.656. The number of ether oxygens (including phenoxy) is 1. The first-order chi connectivity index (χ1) is 11.5. The number of aliphatic carboxylic acids is 1. The molecule has 2 rings (SSSR count). The Labute approximate surface area is 149 Å². The number of carbonyl (C=O) groups excluding carboxylic acids is 1. The maximum atomic E-state index is 11.7. The number of amides is 1. The lowest BCUT2D eigenvalue weighted by Crippen LogP contribution is -2.35. The lowest BCUT2D eigenvalue weighted by Gasteiger charge is -2.13. The number of hydrogen-bond donors (Lipinski definition) is 2. The normalized spacial score (nSPS) is 11.5. The van der Waals surface area contributed by atoms with E-state index >= 15 is 0 Å². The highest BCUT2D eigenvalue weighted by atomic mass is 35.5. The molecule has 0 aliphatic heterocycles. The Morgan fingerprint density at radius 3 is 2.58 bits per heavy atom. The summed E-state index contributed by atoms with van der Waals surface area (Å²) in [5.74, 6) is -1.02. The molecule has 0 saturated carbocycles. The van der Waals surface area contributed by atoms with E-state index < -0.39 is 17.3 Å². The fourth-order valence-corrected chi connectivity index (χ4v) is 3.04. The Bertz CT molecular complexity index is 696. The van der Waals surface area contributed by atoms with Crippen molar-refractivity contribution in [1.82, 2.24) is 5.32 Å². The van der Waals surface area contributed by atoms with E-state index in [9.17, 15) is 14.7 Å². The maximum Gasteiger partial charge on any atom is 0.407 e. The molecule has 0 bridgehead atoms. The molecule has 0 aromatic heterocycles. The van der Waals surface area contributed by atoms with E-state index in [0.717, 1.165) is 17.3 Å². The first-order valence-electron chi connectivity index (χ1n) is 7.14. The number of hydrogen-bond acceptors (Lipinski definition) is 4. The third-order valence-electron chi connectivity index (χ3n) is 2.99. The van der Waals surface area contributed by atoms with Gasteiger partial charge in [-0.25, -0.2) is 4.79 Å². The molecular formula is C17H16ClNO4S. The van der Waals surface area contributed by atoms with Crippen LogP contribution in [0.4, 0.5) is 4.79 Å². The molecule has 24 heavy (non-hydrogen) atoms. The lowest BCUT2D eigenvalue weighted by atomic mass is 10.2. The van der Waals surface area contributed by atoms with Gasteiger partial charge in [0.15, 0.2) is 0 Å². The Kier molecular flexibility index (Phi) is 6.96. The van der Waals surface area contributed by atoms with Gasteiger partial charge < -0.3 is 15.2 Å². The Hall–Kier alpha value is -2.18. The monoisotopic (exact) mass is 365 g/mol. The van der Waals surface area contributed by atoms with Crippen LogP contribution < -0.4 is 5.32 Å². The van der Waals surface area contributed by atoms with E-state index in [1.54, 1.807) is 24.3 Å². The fraction of sp³-hybridized carbons (Fsp3) is 0.176. The summed E-state index contributed by atoms with van der Waals surface area (Å²) in [4.78, 5) is 23.7. The second kappa shape index (κ2) is 9.20. The molecule has 1 atom stereocenters. The molecule has 0 spiro atoms. The number of rotatable bonds is 7. The van der Waals surface area contributed by atoms with E-state index in [-0.39, 0.29) is 13.2 Å². The van der Waals surface area contributed by atoms with E-state index in [0.29, 0.717) is 9.92 Å². The Morgan fingerprint density at radius 1 is 1.17 bits per heavy atom. The largest absolute Gasteiger partial charge is 0.480 e. The topological polar surface area (TPSA) is 75.6 Å². The molecule has 2 aromatic carbocycles. The summed E-state index contributed by atoms with van der Waals surface area (Å²) in [6, 6.07) is 16.1. The van der Waals surface area contributed by atoms with E-state index in [1.807, 2.05) is 30.3 Å². The third-order valence-corrected chi connectivity index (χ3v) is 4.41. The van der Waals surface area contributed by atoms with Crippen molar-refractivity contribution < 1.29 is 19.4 Å². The van der Waals surface area contributed by atoms with Gasteiger partial charge >= 0.3 is 12.1 Å². The van der Waals surface area contributed by atoms with Crippen LogP contribution in [0.3, 0.4) is 0 Å². The van der Waals surface area contributed by atoms with Gasteiger partial charge in [0.25, 0.3) is 0 Å². The van der Waals surface area contributed by atoms with E-state index in [4.69, 9.17) is 16.3 Å². The van der Waals surface area contributed by atoms with Gasteiger partial charge in [0.05, 0.1) is 0 Å². The number of thioether (sulfide) groups is 1. The molecule has 0 heterocycles. The molecule has 1 amide bonds. The van der Waals surface area contributed by atoms with E-state index in [1.165, 1.54) is 0 Å². The smallest absolute Gasteiger partial charge is 0.407 e. The molecule has 0 radical (unpaired) electrons. The maximum absolute atomic E-state index is 11.7. The molecule has 0 aliphatic rings. The van der Waals surface area contributed by atoms with Gasteiger partial charge in [-0.3, -0.25) is 4.79 Å². The van der Waals surface area contributed by atoms with Crippen molar-refractivity contribution in [2.75, 3.05) is 6.54 Å². The molecule has 2 aromatic rings. The van der Waals surface area contributed by atoms with Crippen LogP contribution in [0.25, 0.3) is 0 Å². The predicted octanol–water partition coefficient (Wildman–Crippen LogP) is 3.81. The average molecular weight is 366 g/mol. The molecule has 2 N–H and O–H groups in total. The van der Waals surface area contributed by atoms with Gasteiger partial charge in [-0.15, -0.1) is 11.8 Å². The SMILES string of the molecule is O=C(NC[C@H](Sc1cccc(Cl)c1)C(=O)O)OCc1ccccc1. The summed E-state index contributed by atoms with van der Waals surface area (Å²) < 4.78 is 5.05. The standard InChI is InChI=1S/C17H16ClNO4S/c18-13-7-4-8-14(9-13)24-15(16(20)21)10-19-17(22)23-11-12-5-2-1-3-6-12/h1-9,15H,10-11H2,(H,19,22)(H,20,21)/t15-/m0/s1. The zero-order chi connectivity index (χ0) is 17.4. The number of nitrogens with one attached hydrogen (secondary N) is 1. The van der Waals surface area contributed by atoms with Crippen LogP contribution in [0.15, 0.2) is 59.5 Å². The van der Waals surface area contributed by atoms with Gasteiger partial charge in [0.1, 0.15) is 11.9 Å². The van der Waals surface area contributed by atoms with Crippen LogP contribution in [-0.4, -0.2) is 29.0 Å². The summed E-state index contributed by atoms with van der Waals surface area (Å²) in [6.45, 7) is 0.0754. The van der Waals surface area contributed by atoms with Gasteiger partial charge in [-0.05, 0) is 23.8 Å². The van der Waals surface area contributed by atoms with Crippen molar-refractivity contribution >= 4 is 35.4 Å². The number of carboxylic acids is 1. The number of halogens is 1. The number of benzene rings is 2. The van der Waals surface area contributed by atoms with Gasteiger partial charge in [-0.2, -0.15) is 0 Å². The summed E-state index contributed by atoms with van der Waals surface area (Å²) in [5.41, 5.74) is 0.857. The van der Waals surface area contributed by atoms with Crippen LogP contribution in [0.2, 0.25) is 5.02 Å². The second-order valence-electron chi connectivity index (χ2n) is 4.84. The highest BCUT2D eigenvalue weighted by Gasteiger charge is 2.20. The second-order valence-corrected chi connectivity index (χ2v) is 6.56. The Morgan fingerprint density at radius 2 is 1.92 bits per heavy atom. The minimum Gasteiger partial charge on any atom is -0.480 e. The van der Waals surface area contributed by atoms with E-state index in [2.05, 4.69) is 5.32 Å². The molecule has 0 unspecified atom stereocenters. The average Bonchev–Trinajstić information content (AvgIpc) is 2.57. The van der Waals surface area contributed by atoms with Crippen molar-refractivity contribution in [2.45, 2.75) is 16.8 Å². The molecule has 126 valence electrons. The number of alkyl carbamates (subject to hydrolysis) is 1. The van der Waals surface area contributed by atoms with Crippen molar-refractivity contribution in [3.63, 3.8) is 0 Å². The van der Waals surface area contributed by atoms with Crippen LogP contribution in [0.5, 0.6) is 0 Å². The summed E-state index contributed by atoms with van der Waals surface area (Å²) in [7, 11) is 0. The molecule has 0 saturated heterocycles. The highest BCUT2D eigenvalue weighted by molar-refractivity contribution is 8.00. The number of carboxylic acid groups (broad SMARTS) is 1. The first kappa shape index (κ1) is 18.2. The predicted molar refractivity (Wildman–Crippen MR) is 93.4 cm³/mol.